The minimum atomic E-state index is -0.0317. The Morgan fingerprint density at radius 1 is 0.704 bits per heavy atom. The van der Waals surface area contributed by atoms with E-state index >= 15 is 0 Å². The summed E-state index contributed by atoms with van der Waals surface area (Å²) < 4.78 is 12.8. The third-order valence-electron chi connectivity index (χ3n) is 11.7. The number of hydrogen-bond acceptors (Lipinski definition) is 12. The van der Waals surface area contributed by atoms with Crippen LogP contribution in [-0.4, -0.2) is 122 Å². The summed E-state index contributed by atoms with van der Waals surface area (Å²) in [5.74, 6) is 1.36. The number of anilines is 2. The van der Waals surface area contributed by atoms with Crippen LogP contribution < -0.4 is 19.3 Å². The maximum atomic E-state index is 13.2. The van der Waals surface area contributed by atoms with Crippen molar-refractivity contribution in [2.24, 2.45) is 0 Å². The molecule has 4 aromatic heterocycles. The molecule has 2 fully saturated rings. The normalized spacial score (nSPS) is 15.4. The van der Waals surface area contributed by atoms with Gasteiger partial charge in [-0.15, -0.1) is 11.6 Å². The van der Waals surface area contributed by atoms with Crippen LogP contribution in [0.2, 0.25) is 20.1 Å². The minimum Gasteiger partial charge on any atom is -0.492 e. The summed E-state index contributed by atoms with van der Waals surface area (Å²) in [6, 6.07) is 25.9. The number of hydrogen-bond donors (Lipinski definition) is 1. The zero-order chi connectivity index (χ0) is 51.4. The topological polar surface area (TPSA) is 185 Å². The number of carbonyl (C=O) groups excluding carboxylic acids is 2. The van der Waals surface area contributed by atoms with Crippen molar-refractivity contribution in [1.29, 1.82) is 10.5 Å². The molecule has 6 heterocycles. The van der Waals surface area contributed by atoms with Crippen LogP contribution in [0.15, 0.2) is 72.8 Å². The van der Waals surface area contributed by atoms with Crippen molar-refractivity contribution in [3.8, 4) is 46.4 Å². The van der Waals surface area contributed by atoms with Crippen LogP contribution in [-0.2, 0) is 16.1 Å². The number of aromatic amines is 1. The molecule has 0 radical (unpaired) electrons. The third kappa shape index (κ3) is 13.4. The summed E-state index contributed by atoms with van der Waals surface area (Å²) >= 11 is 30.5. The number of nitrogens with one attached hydrogen (secondary N) is 1. The second-order valence-electron chi connectivity index (χ2n) is 16.5. The number of nitrogens with zero attached hydrogens (tertiary/aromatic N) is 11. The average molecular weight is 1060 g/mol. The first-order valence-electron chi connectivity index (χ1n) is 22.8. The lowest BCUT2D eigenvalue weighted by atomic mass is 10.1. The first-order chi connectivity index (χ1) is 34.1. The monoisotopic (exact) mass is 1060 g/mol. The number of benzene rings is 2. The van der Waals surface area contributed by atoms with Gasteiger partial charge in [-0.1, -0.05) is 58.5 Å². The Bertz CT molecular complexity index is 2920. The zero-order valence-electron chi connectivity index (χ0n) is 40.1. The molecule has 0 saturated carbocycles. The highest BCUT2D eigenvalue weighted by molar-refractivity contribution is 6.34. The molecule has 6 aromatic rings. The molecule has 2 aromatic carbocycles. The number of piperazine rings is 2. The number of rotatable bonds is 11. The molecule has 0 unspecified atom stereocenters. The lowest BCUT2D eigenvalue weighted by molar-refractivity contribution is -0.134. The highest BCUT2D eigenvalue weighted by Crippen LogP contribution is 2.33. The van der Waals surface area contributed by atoms with Gasteiger partial charge in [-0.2, -0.15) is 20.7 Å². The van der Waals surface area contributed by atoms with Gasteiger partial charge in [0.15, 0.2) is 0 Å². The van der Waals surface area contributed by atoms with Gasteiger partial charge in [0.25, 0.3) is 0 Å². The summed E-state index contributed by atoms with van der Waals surface area (Å²) in [5.41, 5.74) is 6.31. The van der Waals surface area contributed by atoms with Crippen molar-refractivity contribution in [2.45, 2.75) is 60.2 Å². The van der Waals surface area contributed by atoms with Crippen molar-refractivity contribution < 1.29 is 19.1 Å². The molecule has 71 heavy (non-hydrogen) atoms. The Morgan fingerprint density at radius 3 is 1.63 bits per heavy atom. The molecule has 2 saturated heterocycles. The van der Waals surface area contributed by atoms with Crippen LogP contribution in [0.5, 0.6) is 11.5 Å². The molecular weight excluding hydrogens is 1010 g/mol. The number of carbonyl (C=O) groups is 2. The van der Waals surface area contributed by atoms with Crippen molar-refractivity contribution >= 4 is 81.2 Å². The van der Waals surface area contributed by atoms with E-state index in [9.17, 15) is 9.59 Å². The first-order valence-corrected chi connectivity index (χ1v) is 24.8. The van der Waals surface area contributed by atoms with E-state index in [0.29, 0.717) is 105 Å². The van der Waals surface area contributed by atoms with Gasteiger partial charge in [-0.3, -0.25) is 19.4 Å². The van der Waals surface area contributed by atoms with Crippen LogP contribution >= 0.6 is 58.0 Å². The van der Waals surface area contributed by atoms with E-state index < -0.39 is 0 Å². The maximum absolute atomic E-state index is 13.2. The molecule has 2 aliphatic rings. The van der Waals surface area contributed by atoms with Crippen LogP contribution in [0.25, 0.3) is 22.8 Å². The number of aryl methyl sites for hydroxylation is 1. The van der Waals surface area contributed by atoms with Crippen LogP contribution in [0, 0.1) is 36.5 Å². The minimum absolute atomic E-state index is 0.00209. The number of aromatic nitrogens is 6. The molecule has 1 N–H and O–H groups in total. The Balaban J connectivity index is 0.000000193. The highest BCUT2D eigenvalue weighted by atomic mass is 35.5. The van der Waals surface area contributed by atoms with E-state index in [4.69, 9.17) is 78.0 Å². The van der Waals surface area contributed by atoms with E-state index in [1.54, 1.807) is 41.1 Å². The fourth-order valence-corrected chi connectivity index (χ4v) is 8.93. The van der Waals surface area contributed by atoms with Crippen molar-refractivity contribution in [1.82, 2.24) is 39.7 Å². The van der Waals surface area contributed by atoms with Gasteiger partial charge in [0, 0.05) is 74.9 Å². The van der Waals surface area contributed by atoms with Gasteiger partial charge in [0.1, 0.15) is 58.8 Å². The molecule has 2 atom stereocenters. The lowest BCUT2D eigenvalue weighted by Gasteiger charge is -2.41. The predicted octanol–water partition coefficient (Wildman–Crippen LogP) is 9.89. The van der Waals surface area contributed by atoms with Gasteiger partial charge in [0.05, 0.1) is 56.1 Å². The van der Waals surface area contributed by atoms with Gasteiger partial charge in [0.2, 0.25) is 11.8 Å². The number of pyridine rings is 2. The Labute approximate surface area is 438 Å². The zero-order valence-corrected chi connectivity index (χ0v) is 43.9. The molecule has 0 aliphatic carbocycles. The second kappa shape index (κ2) is 25.2. The second-order valence-corrected chi connectivity index (χ2v) is 18.3. The molecule has 21 heteroatoms. The molecule has 2 amide bonds. The molecule has 0 bridgehead atoms. The SMILES string of the molecule is CCOc1cc(N2CCN(C(=O)CCl)[C@@H](C)C2)ccc1Cl.CCOc1cc(N2CCN(C(=O)Cn3nc(-c4cccc(C#N)n4)c(Cl)c3C)[C@@H](C)C2)ccc1Cl.Cc1[nH]nc(-c2cccc(C#N)n2)c1Cl. The summed E-state index contributed by atoms with van der Waals surface area (Å²) in [5, 5.41) is 31.3. The fraction of sp³-hybridized carbons (Fsp3) is 0.360. The number of halogens is 5. The summed E-state index contributed by atoms with van der Waals surface area (Å²) in [6.45, 7) is 17.0. The Hall–Kier alpha value is -6.27. The molecule has 2 aliphatic heterocycles. The van der Waals surface area contributed by atoms with Crippen molar-refractivity contribution in [3.63, 3.8) is 0 Å². The largest absolute Gasteiger partial charge is 0.492 e. The van der Waals surface area contributed by atoms with Crippen LogP contribution in [0.3, 0.4) is 0 Å². The van der Waals surface area contributed by atoms with E-state index in [2.05, 4.69) is 35.1 Å². The molecule has 16 nitrogen and oxygen atoms in total. The maximum Gasteiger partial charge on any atom is 0.244 e. The molecular formula is C50H53Cl5N12O4. The van der Waals surface area contributed by atoms with Gasteiger partial charge in [-0.05, 0) is 90.1 Å². The standard InChI is InChI=1S/C25H26Cl2N6O2.C15H20Cl2N2O2.C10H7ClN4/c1-4-35-22-12-19(8-9-20(22)26)31-10-11-32(16(2)14-31)23(34)15-33-17(3)24(27)25(30-33)21-7-5-6-18(13-28)29-21;1-3-21-14-8-12(4-5-13(14)17)18-6-7-19(11(2)10-18)15(20)9-16;1-6-9(11)10(15-14-6)8-4-2-3-7(5-12)13-8/h5-9,12,16H,4,10-11,14-15H2,1-3H3;4-5,8,11H,3,6-7,9-10H2,1-2H3;2-4H,1H3,(H,14,15)/t16-;11-;/m00./s1. The first kappa shape index (κ1) is 54.1. The van der Waals surface area contributed by atoms with Gasteiger partial charge >= 0.3 is 0 Å². The number of nitriles is 2. The number of ether oxygens (including phenoxy) is 2. The highest BCUT2D eigenvalue weighted by Gasteiger charge is 2.30. The fourth-order valence-electron chi connectivity index (χ4n) is 8.02. The molecule has 8 rings (SSSR count). The van der Waals surface area contributed by atoms with E-state index in [0.717, 1.165) is 30.2 Å². The van der Waals surface area contributed by atoms with Crippen LogP contribution in [0.4, 0.5) is 11.4 Å². The third-order valence-corrected chi connectivity index (χ3v) is 13.4. The molecule has 0 spiro atoms. The quantitative estimate of drug-likeness (QED) is 0.121. The average Bonchev–Trinajstić information content (AvgIpc) is 3.86. The lowest BCUT2D eigenvalue weighted by Crippen LogP contribution is -2.54. The Morgan fingerprint density at radius 2 is 1.20 bits per heavy atom. The van der Waals surface area contributed by atoms with E-state index in [1.807, 2.05) is 99.9 Å². The molecule has 372 valence electrons. The summed E-state index contributed by atoms with van der Waals surface area (Å²) in [6.07, 6.45) is 0. The number of alkyl halides is 1. The summed E-state index contributed by atoms with van der Waals surface area (Å²) in [4.78, 5) is 41.5. The van der Waals surface area contributed by atoms with Gasteiger partial charge in [-0.25, -0.2) is 9.97 Å². The van der Waals surface area contributed by atoms with Crippen LogP contribution in [0.1, 0.15) is 50.5 Å². The van der Waals surface area contributed by atoms with E-state index in [1.165, 1.54) is 0 Å². The number of amides is 2. The predicted molar refractivity (Wildman–Crippen MR) is 279 cm³/mol. The smallest absolute Gasteiger partial charge is 0.244 e. The Kier molecular flexibility index (Phi) is 19.2. The number of H-pyrrole nitrogens is 1. The van der Waals surface area contributed by atoms with E-state index in [-0.39, 0.29) is 42.0 Å². The van der Waals surface area contributed by atoms with Crippen molar-refractivity contribution in [2.75, 3.05) is 68.2 Å². The summed E-state index contributed by atoms with van der Waals surface area (Å²) in [7, 11) is 0. The van der Waals surface area contributed by atoms with Gasteiger partial charge < -0.3 is 29.1 Å². The van der Waals surface area contributed by atoms with Crippen molar-refractivity contribution in [3.05, 3.63) is 116 Å².